The number of para-hydroxylation sites is 1. The summed E-state index contributed by atoms with van der Waals surface area (Å²) in [5.41, 5.74) is 0.687. The standard InChI is InChI=1S/C22H21F3N2O2S2/c1-3-29-17-10-8-15(9-11-17)21-26-16(13-31-21)12-30-14(2)20(28)27-19-7-5-4-6-18(19)22(23,24)25/h4-11,13-14H,3,12H2,1-2H3,(H,27,28). The molecule has 2 aromatic carbocycles. The van der Waals surface area contributed by atoms with Gasteiger partial charge in [-0.2, -0.15) is 13.2 Å². The number of anilines is 1. The number of thiazole rings is 1. The third-order valence-corrected chi connectivity index (χ3v) is 6.42. The lowest BCUT2D eigenvalue weighted by atomic mass is 10.1. The summed E-state index contributed by atoms with van der Waals surface area (Å²) < 4.78 is 44.7. The Morgan fingerprint density at radius 3 is 2.58 bits per heavy atom. The molecule has 9 heteroatoms. The molecule has 4 nitrogen and oxygen atoms in total. The molecule has 1 atom stereocenters. The Morgan fingerprint density at radius 1 is 1.19 bits per heavy atom. The molecule has 1 heterocycles. The van der Waals surface area contributed by atoms with E-state index in [2.05, 4.69) is 10.3 Å². The number of nitrogens with zero attached hydrogens (tertiary/aromatic N) is 1. The zero-order chi connectivity index (χ0) is 22.4. The molecule has 0 aliphatic heterocycles. The van der Waals surface area contributed by atoms with Gasteiger partial charge in [0.1, 0.15) is 10.8 Å². The molecule has 3 aromatic rings. The van der Waals surface area contributed by atoms with Gasteiger partial charge in [-0.05, 0) is 50.2 Å². The molecule has 0 saturated heterocycles. The number of nitrogens with one attached hydrogen (secondary N) is 1. The third-order valence-electron chi connectivity index (χ3n) is 4.30. The van der Waals surface area contributed by atoms with Crippen molar-refractivity contribution in [3.63, 3.8) is 0 Å². The van der Waals surface area contributed by atoms with Crippen molar-refractivity contribution in [3.05, 3.63) is 65.2 Å². The number of ether oxygens (including phenoxy) is 1. The molecule has 0 spiro atoms. The number of benzene rings is 2. The normalized spacial score (nSPS) is 12.4. The van der Waals surface area contributed by atoms with E-state index in [-0.39, 0.29) is 5.69 Å². The number of amides is 1. The fraction of sp³-hybridized carbons (Fsp3) is 0.273. The van der Waals surface area contributed by atoms with Crippen LogP contribution in [0.15, 0.2) is 53.9 Å². The van der Waals surface area contributed by atoms with Gasteiger partial charge in [-0.25, -0.2) is 4.98 Å². The molecule has 1 amide bonds. The summed E-state index contributed by atoms with van der Waals surface area (Å²) in [4.78, 5) is 17.0. The average molecular weight is 467 g/mol. The predicted molar refractivity (Wildman–Crippen MR) is 120 cm³/mol. The van der Waals surface area contributed by atoms with Gasteiger partial charge in [0.2, 0.25) is 5.91 Å². The van der Waals surface area contributed by atoms with E-state index in [0.29, 0.717) is 12.4 Å². The molecule has 1 unspecified atom stereocenters. The van der Waals surface area contributed by atoms with Gasteiger partial charge < -0.3 is 10.1 Å². The van der Waals surface area contributed by atoms with Crippen LogP contribution in [0, 0.1) is 0 Å². The lowest BCUT2D eigenvalue weighted by molar-refractivity contribution is -0.137. The largest absolute Gasteiger partial charge is 0.494 e. The van der Waals surface area contributed by atoms with E-state index in [1.807, 2.05) is 36.6 Å². The minimum atomic E-state index is -4.53. The van der Waals surface area contributed by atoms with Crippen molar-refractivity contribution in [3.8, 4) is 16.3 Å². The number of carbonyl (C=O) groups is 1. The lowest BCUT2D eigenvalue weighted by Gasteiger charge is -2.16. The minimum Gasteiger partial charge on any atom is -0.494 e. The molecule has 0 fully saturated rings. The number of aromatic nitrogens is 1. The van der Waals surface area contributed by atoms with Gasteiger partial charge in [-0.1, -0.05) is 12.1 Å². The highest BCUT2D eigenvalue weighted by atomic mass is 32.2. The molecular weight excluding hydrogens is 445 g/mol. The van der Waals surface area contributed by atoms with Crippen LogP contribution in [0.1, 0.15) is 25.1 Å². The van der Waals surface area contributed by atoms with Gasteiger partial charge in [0.25, 0.3) is 0 Å². The van der Waals surface area contributed by atoms with Gasteiger partial charge in [0, 0.05) is 16.7 Å². The van der Waals surface area contributed by atoms with Crippen LogP contribution in [-0.4, -0.2) is 22.7 Å². The second kappa shape index (κ2) is 10.2. The second-order valence-corrected chi connectivity index (χ2v) is 8.77. The monoisotopic (exact) mass is 466 g/mol. The summed E-state index contributed by atoms with van der Waals surface area (Å²) in [5, 5.41) is 4.62. The van der Waals surface area contributed by atoms with Crippen molar-refractivity contribution >= 4 is 34.7 Å². The van der Waals surface area contributed by atoms with Crippen LogP contribution in [0.4, 0.5) is 18.9 Å². The molecule has 1 aromatic heterocycles. The van der Waals surface area contributed by atoms with Crippen LogP contribution < -0.4 is 10.1 Å². The molecule has 0 bridgehead atoms. The van der Waals surface area contributed by atoms with Crippen molar-refractivity contribution in [1.29, 1.82) is 0 Å². The highest BCUT2D eigenvalue weighted by molar-refractivity contribution is 7.99. The molecule has 1 N–H and O–H groups in total. The van der Waals surface area contributed by atoms with E-state index < -0.39 is 22.9 Å². The number of carbonyl (C=O) groups excluding carboxylic acids is 1. The van der Waals surface area contributed by atoms with Gasteiger partial charge in [-0.15, -0.1) is 23.1 Å². The summed E-state index contributed by atoms with van der Waals surface area (Å²) in [6, 6.07) is 12.6. The van der Waals surface area contributed by atoms with Crippen LogP contribution in [-0.2, 0) is 16.7 Å². The van der Waals surface area contributed by atoms with E-state index in [1.54, 1.807) is 6.92 Å². The average Bonchev–Trinajstić information content (AvgIpc) is 3.21. The Morgan fingerprint density at radius 2 is 1.90 bits per heavy atom. The second-order valence-electron chi connectivity index (χ2n) is 6.59. The van der Waals surface area contributed by atoms with E-state index in [9.17, 15) is 18.0 Å². The van der Waals surface area contributed by atoms with Crippen molar-refractivity contribution in [1.82, 2.24) is 4.98 Å². The van der Waals surface area contributed by atoms with E-state index >= 15 is 0 Å². The maximum absolute atomic E-state index is 13.1. The predicted octanol–water partition coefficient (Wildman–Crippen LogP) is 6.49. The van der Waals surface area contributed by atoms with Crippen LogP contribution in [0.25, 0.3) is 10.6 Å². The van der Waals surface area contributed by atoms with E-state index in [1.165, 1.54) is 41.3 Å². The Bertz CT molecular complexity index is 1020. The summed E-state index contributed by atoms with van der Waals surface area (Å²) in [7, 11) is 0. The molecule has 3 rings (SSSR count). The van der Waals surface area contributed by atoms with Crippen molar-refractivity contribution in [2.45, 2.75) is 31.0 Å². The molecule has 0 radical (unpaired) electrons. The van der Waals surface area contributed by atoms with Crippen molar-refractivity contribution in [2.75, 3.05) is 11.9 Å². The van der Waals surface area contributed by atoms with Gasteiger partial charge >= 0.3 is 6.18 Å². The molecule has 0 saturated carbocycles. The first-order chi connectivity index (χ1) is 14.8. The smallest absolute Gasteiger partial charge is 0.418 e. The quantitative estimate of drug-likeness (QED) is 0.412. The first kappa shape index (κ1) is 23.1. The first-order valence-electron chi connectivity index (χ1n) is 9.54. The number of hydrogen-bond acceptors (Lipinski definition) is 5. The van der Waals surface area contributed by atoms with Gasteiger partial charge in [0.05, 0.1) is 28.8 Å². The zero-order valence-electron chi connectivity index (χ0n) is 16.9. The summed E-state index contributed by atoms with van der Waals surface area (Å²) in [5.74, 6) is 0.789. The Labute approximate surface area is 186 Å². The topological polar surface area (TPSA) is 51.2 Å². The highest BCUT2D eigenvalue weighted by Gasteiger charge is 2.33. The number of alkyl halides is 3. The van der Waals surface area contributed by atoms with Crippen LogP contribution in [0.3, 0.4) is 0 Å². The Hall–Kier alpha value is -2.52. The fourth-order valence-electron chi connectivity index (χ4n) is 2.73. The van der Waals surface area contributed by atoms with Crippen LogP contribution >= 0.6 is 23.1 Å². The summed E-state index contributed by atoms with van der Waals surface area (Å²) >= 11 is 2.82. The van der Waals surface area contributed by atoms with Crippen LogP contribution in [0.5, 0.6) is 5.75 Å². The summed E-state index contributed by atoms with van der Waals surface area (Å²) in [6.07, 6.45) is -4.53. The number of rotatable bonds is 8. The van der Waals surface area contributed by atoms with Gasteiger partial charge in [0.15, 0.2) is 0 Å². The number of thioether (sulfide) groups is 1. The molecule has 0 aliphatic carbocycles. The molecule has 164 valence electrons. The Balaban J connectivity index is 1.58. The highest BCUT2D eigenvalue weighted by Crippen LogP contribution is 2.35. The van der Waals surface area contributed by atoms with Gasteiger partial charge in [-0.3, -0.25) is 4.79 Å². The van der Waals surface area contributed by atoms with Crippen molar-refractivity contribution in [2.24, 2.45) is 0 Å². The first-order valence-corrected chi connectivity index (χ1v) is 11.5. The summed E-state index contributed by atoms with van der Waals surface area (Å²) in [6.45, 7) is 4.19. The lowest BCUT2D eigenvalue weighted by Crippen LogP contribution is -2.24. The maximum Gasteiger partial charge on any atom is 0.418 e. The number of hydrogen-bond donors (Lipinski definition) is 1. The van der Waals surface area contributed by atoms with E-state index in [4.69, 9.17) is 4.74 Å². The minimum absolute atomic E-state index is 0.237. The molecule has 31 heavy (non-hydrogen) atoms. The third kappa shape index (κ3) is 6.24. The van der Waals surface area contributed by atoms with E-state index in [0.717, 1.165) is 28.1 Å². The van der Waals surface area contributed by atoms with Crippen LogP contribution in [0.2, 0.25) is 0 Å². The molecule has 0 aliphatic rings. The number of halogens is 3. The molecular formula is C22H21F3N2O2S2. The van der Waals surface area contributed by atoms with Crippen molar-refractivity contribution < 1.29 is 22.7 Å². The fourth-order valence-corrected chi connectivity index (χ4v) is 4.44. The maximum atomic E-state index is 13.1. The zero-order valence-corrected chi connectivity index (χ0v) is 18.5. The SMILES string of the molecule is CCOc1ccc(-c2nc(CSC(C)C(=O)Nc3ccccc3C(F)(F)F)cs2)cc1. The Kier molecular flexibility index (Phi) is 7.61.